The van der Waals surface area contributed by atoms with Gasteiger partial charge in [0.15, 0.2) is 0 Å². The fourth-order valence-electron chi connectivity index (χ4n) is 0.641. The lowest BCUT2D eigenvalue weighted by atomic mass is 9.96. The van der Waals surface area contributed by atoms with Gasteiger partial charge in [-0.1, -0.05) is 32.4 Å². The maximum Gasteiger partial charge on any atom is 0.136 e. The Kier molecular flexibility index (Phi) is 2.14. The van der Waals surface area contributed by atoms with Crippen molar-refractivity contribution in [2.45, 2.75) is 26.2 Å². The molecule has 0 spiro atoms. The van der Waals surface area contributed by atoms with E-state index in [-0.39, 0.29) is 5.41 Å². The Morgan fingerprint density at radius 2 is 2.09 bits per heavy atom. The van der Waals surface area contributed by atoms with E-state index in [9.17, 15) is 0 Å². The lowest BCUT2D eigenvalue weighted by Gasteiger charge is -2.15. The minimum Gasteiger partial charge on any atom is -0.231 e. The van der Waals surface area contributed by atoms with Crippen LogP contribution in [0.4, 0.5) is 0 Å². The molecule has 0 atom stereocenters. The number of aromatic nitrogens is 2. The number of rotatable bonds is 0. The van der Waals surface area contributed by atoms with Gasteiger partial charge in [0.25, 0.3) is 0 Å². The van der Waals surface area contributed by atoms with Crippen LogP contribution in [0.2, 0.25) is 5.15 Å². The van der Waals surface area contributed by atoms with Gasteiger partial charge in [0.2, 0.25) is 0 Å². The first-order chi connectivity index (χ1) is 5.00. The Bertz CT molecular complexity index is 253. The van der Waals surface area contributed by atoms with Crippen molar-refractivity contribution in [3.8, 4) is 0 Å². The van der Waals surface area contributed by atoms with E-state index in [1.165, 1.54) is 0 Å². The largest absolute Gasteiger partial charge is 0.231 e. The van der Waals surface area contributed by atoms with E-state index in [1.54, 1.807) is 6.07 Å². The van der Waals surface area contributed by atoms with Crippen LogP contribution in [0.25, 0.3) is 0 Å². The molecule has 0 aliphatic carbocycles. The van der Waals surface area contributed by atoms with Gasteiger partial charge >= 0.3 is 0 Å². The van der Waals surface area contributed by atoms with Crippen LogP contribution in [-0.2, 0) is 5.41 Å². The standard InChI is InChI=1S/C8H10ClN2/c1-8(2,3)7-10-5-4-6(9)11-7/h4H,1-3H3. The second-order valence-corrected chi connectivity index (χ2v) is 3.78. The molecule has 1 aromatic heterocycles. The van der Waals surface area contributed by atoms with Gasteiger partial charge in [0.05, 0.1) is 6.20 Å². The number of hydrogen-bond acceptors (Lipinski definition) is 2. The Labute approximate surface area is 71.6 Å². The minimum absolute atomic E-state index is 0.0542. The smallest absolute Gasteiger partial charge is 0.136 e. The van der Waals surface area contributed by atoms with Crippen LogP contribution in [0.3, 0.4) is 0 Å². The highest BCUT2D eigenvalue weighted by atomic mass is 35.5. The van der Waals surface area contributed by atoms with Crippen LogP contribution >= 0.6 is 11.6 Å². The molecule has 0 N–H and O–H groups in total. The molecular formula is C8H10ClN2. The zero-order valence-electron chi connectivity index (χ0n) is 6.85. The van der Waals surface area contributed by atoms with E-state index in [0.29, 0.717) is 5.15 Å². The Balaban J connectivity index is 3.06. The molecule has 1 aromatic rings. The van der Waals surface area contributed by atoms with E-state index in [1.807, 2.05) is 20.8 Å². The number of hydrogen-bond donors (Lipinski definition) is 0. The van der Waals surface area contributed by atoms with Gasteiger partial charge in [-0.25, -0.2) is 9.97 Å². The van der Waals surface area contributed by atoms with Crippen molar-refractivity contribution in [3.63, 3.8) is 0 Å². The summed E-state index contributed by atoms with van der Waals surface area (Å²) in [5, 5.41) is 0.449. The molecule has 0 fully saturated rings. The van der Waals surface area contributed by atoms with Gasteiger partial charge in [0, 0.05) is 11.5 Å². The molecule has 0 unspecified atom stereocenters. The SMILES string of the molecule is CC(C)(C)c1n[c]cc(Cl)n1. The molecule has 0 amide bonds. The second kappa shape index (κ2) is 2.78. The second-order valence-electron chi connectivity index (χ2n) is 3.39. The van der Waals surface area contributed by atoms with Gasteiger partial charge in [-0.3, -0.25) is 0 Å². The number of halogens is 1. The van der Waals surface area contributed by atoms with Crippen LogP contribution in [-0.4, -0.2) is 9.97 Å². The fraction of sp³-hybridized carbons (Fsp3) is 0.500. The van der Waals surface area contributed by atoms with Crippen LogP contribution < -0.4 is 0 Å². The zero-order chi connectivity index (χ0) is 8.48. The fourth-order valence-corrected chi connectivity index (χ4v) is 0.769. The number of nitrogens with zero attached hydrogens (tertiary/aromatic N) is 2. The summed E-state index contributed by atoms with van der Waals surface area (Å²) in [6.45, 7) is 6.10. The molecule has 1 heterocycles. The highest BCUT2D eigenvalue weighted by Gasteiger charge is 2.16. The van der Waals surface area contributed by atoms with Gasteiger partial charge in [-0.2, -0.15) is 0 Å². The summed E-state index contributed by atoms with van der Waals surface area (Å²) in [5.74, 6) is 0.727. The van der Waals surface area contributed by atoms with Crippen molar-refractivity contribution in [2.75, 3.05) is 0 Å². The lowest BCUT2D eigenvalue weighted by Crippen LogP contribution is -2.15. The minimum atomic E-state index is -0.0542. The zero-order valence-corrected chi connectivity index (χ0v) is 7.61. The summed E-state index contributed by atoms with van der Waals surface area (Å²) in [7, 11) is 0. The Morgan fingerprint density at radius 3 is 2.45 bits per heavy atom. The molecule has 0 saturated carbocycles. The summed E-state index contributed by atoms with van der Waals surface area (Å²) in [5.41, 5.74) is -0.0542. The molecule has 0 bridgehead atoms. The van der Waals surface area contributed by atoms with Crippen molar-refractivity contribution in [1.82, 2.24) is 9.97 Å². The maximum atomic E-state index is 5.67. The van der Waals surface area contributed by atoms with Crippen molar-refractivity contribution in [1.29, 1.82) is 0 Å². The summed E-state index contributed by atoms with van der Waals surface area (Å²) in [6, 6.07) is 1.55. The Morgan fingerprint density at radius 1 is 1.45 bits per heavy atom. The van der Waals surface area contributed by atoms with Gasteiger partial charge in [-0.05, 0) is 0 Å². The third-order valence-electron chi connectivity index (χ3n) is 1.24. The van der Waals surface area contributed by atoms with Crippen LogP contribution in [0.15, 0.2) is 6.07 Å². The van der Waals surface area contributed by atoms with Crippen LogP contribution in [0.1, 0.15) is 26.6 Å². The molecule has 2 nitrogen and oxygen atoms in total. The van der Waals surface area contributed by atoms with E-state index in [2.05, 4.69) is 16.2 Å². The highest BCUT2D eigenvalue weighted by Crippen LogP contribution is 2.18. The molecule has 0 aliphatic heterocycles. The summed E-state index contributed by atoms with van der Waals surface area (Å²) in [6.07, 6.45) is 2.69. The topological polar surface area (TPSA) is 25.8 Å². The molecule has 1 radical (unpaired) electrons. The van der Waals surface area contributed by atoms with Crippen LogP contribution in [0, 0.1) is 6.20 Å². The van der Waals surface area contributed by atoms with Gasteiger partial charge < -0.3 is 0 Å². The molecule has 59 valence electrons. The molecule has 3 heteroatoms. The first kappa shape index (κ1) is 8.47. The third kappa shape index (κ3) is 2.15. The van der Waals surface area contributed by atoms with Gasteiger partial charge in [-0.15, -0.1) is 0 Å². The van der Waals surface area contributed by atoms with E-state index < -0.39 is 0 Å². The first-order valence-electron chi connectivity index (χ1n) is 3.41. The molecular weight excluding hydrogens is 160 g/mol. The molecule has 0 aromatic carbocycles. The molecule has 0 saturated heterocycles. The van der Waals surface area contributed by atoms with Crippen molar-refractivity contribution < 1.29 is 0 Å². The molecule has 0 aliphatic rings. The lowest BCUT2D eigenvalue weighted by molar-refractivity contribution is 0.544. The summed E-state index contributed by atoms with van der Waals surface area (Å²) < 4.78 is 0. The summed E-state index contributed by atoms with van der Waals surface area (Å²) >= 11 is 5.67. The predicted molar refractivity (Wildman–Crippen MR) is 44.6 cm³/mol. The van der Waals surface area contributed by atoms with Gasteiger partial charge in [0.1, 0.15) is 11.0 Å². The quantitative estimate of drug-likeness (QED) is 0.557. The van der Waals surface area contributed by atoms with Crippen molar-refractivity contribution >= 4 is 11.6 Å². The van der Waals surface area contributed by atoms with Crippen LogP contribution in [0.5, 0.6) is 0 Å². The molecule has 11 heavy (non-hydrogen) atoms. The normalized spacial score (nSPS) is 11.6. The van der Waals surface area contributed by atoms with Crippen molar-refractivity contribution in [3.05, 3.63) is 23.2 Å². The monoisotopic (exact) mass is 169 g/mol. The molecule has 1 rings (SSSR count). The van der Waals surface area contributed by atoms with Crippen molar-refractivity contribution in [2.24, 2.45) is 0 Å². The average Bonchev–Trinajstić information content (AvgIpc) is 1.86. The van der Waals surface area contributed by atoms with E-state index >= 15 is 0 Å². The third-order valence-corrected chi connectivity index (χ3v) is 1.43. The maximum absolute atomic E-state index is 5.67. The summed E-state index contributed by atoms with van der Waals surface area (Å²) in [4.78, 5) is 8.06. The first-order valence-corrected chi connectivity index (χ1v) is 3.79. The van der Waals surface area contributed by atoms with E-state index in [0.717, 1.165) is 5.82 Å². The average molecular weight is 170 g/mol. The van der Waals surface area contributed by atoms with E-state index in [4.69, 9.17) is 11.6 Å². The predicted octanol–water partition coefficient (Wildman–Crippen LogP) is 2.23. The Hall–Kier alpha value is -0.630. The highest BCUT2D eigenvalue weighted by molar-refractivity contribution is 6.29.